The number of rotatable bonds is 6. The lowest BCUT2D eigenvalue weighted by Gasteiger charge is -2.18. The van der Waals surface area contributed by atoms with Gasteiger partial charge >= 0.3 is 6.03 Å². The Morgan fingerprint density at radius 1 is 1.21 bits per heavy atom. The molecule has 0 saturated carbocycles. The van der Waals surface area contributed by atoms with E-state index in [9.17, 15) is 4.79 Å². The summed E-state index contributed by atoms with van der Waals surface area (Å²) in [6.07, 6.45) is 3.72. The predicted octanol–water partition coefficient (Wildman–Crippen LogP) is 3.86. The van der Waals surface area contributed by atoms with Crippen molar-refractivity contribution in [1.29, 1.82) is 0 Å². The Bertz CT molecular complexity index is 966. The van der Waals surface area contributed by atoms with E-state index < -0.39 is 0 Å². The third kappa shape index (κ3) is 4.58. The highest BCUT2D eigenvalue weighted by atomic mass is 16.2. The Labute approximate surface area is 172 Å². The molecule has 0 spiro atoms. The summed E-state index contributed by atoms with van der Waals surface area (Å²) in [5.41, 5.74) is 3.04. The molecule has 0 unspecified atom stereocenters. The molecular weight excluding hydrogens is 362 g/mol. The van der Waals surface area contributed by atoms with Gasteiger partial charge in [-0.05, 0) is 36.0 Å². The number of hydrogen-bond acceptors (Lipinski definition) is 3. The summed E-state index contributed by atoms with van der Waals surface area (Å²) in [6, 6.07) is 14.0. The molecule has 0 aliphatic carbocycles. The van der Waals surface area contributed by atoms with Crippen molar-refractivity contribution in [2.45, 2.75) is 39.8 Å². The van der Waals surface area contributed by atoms with E-state index in [0.717, 1.165) is 55.0 Å². The van der Waals surface area contributed by atoms with E-state index in [2.05, 4.69) is 28.7 Å². The average molecular weight is 392 g/mol. The summed E-state index contributed by atoms with van der Waals surface area (Å²) in [5.74, 6) is 2.04. The first-order chi connectivity index (χ1) is 14.1. The maximum absolute atomic E-state index is 12.6. The van der Waals surface area contributed by atoms with Crippen molar-refractivity contribution in [3.8, 4) is 0 Å². The number of nitrogens with one attached hydrogen (secondary N) is 1. The number of imidazole rings is 1. The number of aromatic nitrogens is 3. The number of likely N-dealkylation sites (tertiary alicyclic amines) is 1. The predicted molar refractivity (Wildman–Crippen MR) is 114 cm³/mol. The molecule has 1 atom stereocenters. The Morgan fingerprint density at radius 2 is 2.03 bits per heavy atom. The molecular formula is C23H29N5O. The van der Waals surface area contributed by atoms with Gasteiger partial charge in [-0.1, -0.05) is 44.2 Å². The van der Waals surface area contributed by atoms with Gasteiger partial charge in [-0.15, -0.1) is 0 Å². The molecule has 3 aromatic rings. The largest absolute Gasteiger partial charge is 0.334 e. The number of hydrogen-bond donors (Lipinski definition) is 1. The third-order valence-electron chi connectivity index (χ3n) is 5.46. The summed E-state index contributed by atoms with van der Waals surface area (Å²) in [7, 11) is 0. The maximum atomic E-state index is 12.6. The highest BCUT2D eigenvalue weighted by Crippen LogP contribution is 2.23. The quantitative estimate of drug-likeness (QED) is 0.694. The van der Waals surface area contributed by atoms with Gasteiger partial charge in [0.2, 0.25) is 0 Å². The number of fused-ring (bicyclic) bond motifs is 1. The molecule has 1 aromatic carbocycles. The second kappa shape index (κ2) is 8.64. The first kappa shape index (κ1) is 19.4. The second-order valence-corrected chi connectivity index (χ2v) is 8.33. The standard InChI is InChI=1S/C23H29N5O/c1-17(2)15-28-21(26-20-9-6-11-24-22(20)28)13-19-10-12-27(16-19)23(29)25-14-18-7-4-3-5-8-18/h3-9,11,17,19H,10,12-16H2,1-2H3,(H,25,29)/t19-/m1/s1. The zero-order valence-electron chi connectivity index (χ0n) is 17.2. The molecule has 6 nitrogen and oxygen atoms in total. The highest BCUT2D eigenvalue weighted by molar-refractivity contribution is 5.74. The van der Waals surface area contributed by atoms with Gasteiger partial charge in [0, 0.05) is 38.8 Å². The molecule has 2 amide bonds. The van der Waals surface area contributed by atoms with E-state index in [1.54, 1.807) is 0 Å². The summed E-state index contributed by atoms with van der Waals surface area (Å²) in [5, 5.41) is 3.04. The fraction of sp³-hybridized carbons (Fsp3) is 0.435. The number of benzene rings is 1. The van der Waals surface area contributed by atoms with E-state index in [-0.39, 0.29) is 6.03 Å². The fourth-order valence-electron chi connectivity index (χ4n) is 4.05. The molecule has 0 radical (unpaired) electrons. The van der Waals surface area contributed by atoms with Crippen molar-refractivity contribution in [2.75, 3.05) is 13.1 Å². The number of carbonyl (C=O) groups excluding carboxylic acids is 1. The lowest BCUT2D eigenvalue weighted by molar-refractivity contribution is 0.206. The van der Waals surface area contributed by atoms with Crippen LogP contribution >= 0.6 is 0 Å². The van der Waals surface area contributed by atoms with E-state index in [1.165, 1.54) is 0 Å². The number of urea groups is 1. The van der Waals surface area contributed by atoms with Gasteiger partial charge in [0.15, 0.2) is 5.65 Å². The first-order valence-electron chi connectivity index (χ1n) is 10.5. The smallest absolute Gasteiger partial charge is 0.317 e. The van der Waals surface area contributed by atoms with E-state index in [1.807, 2.05) is 53.6 Å². The van der Waals surface area contributed by atoms with Crippen LogP contribution in [-0.4, -0.2) is 38.6 Å². The minimum absolute atomic E-state index is 0.0219. The normalized spacial score (nSPS) is 16.7. The molecule has 1 N–H and O–H groups in total. The Kier molecular flexibility index (Phi) is 5.79. The van der Waals surface area contributed by atoms with Crippen LogP contribution in [0.1, 0.15) is 31.7 Å². The maximum Gasteiger partial charge on any atom is 0.317 e. The monoisotopic (exact) mass is 391 g/mol. The SMILES string of the molecule is CC(C)Cn1c(C[C@H]2CCN(C(=O)NCc3ccccc3)C2)nc2cccnc21. The van der Waals surface area contributed by atoms with Crippen LogP contribution in [0.3, 0.4) is 0 Å². The molecule has 0 bridgehead atoms. The van der Waals surface area contributed by atoms with Gasteiger partial charge in [0.25, 0.3) is 0 Å². The minimum Gasteiger partial charge on any atom is -0.334 e. The van der Waals surface area contributed by atoms with Crippen LogP contribution in [0, 0.1) is 11.8 Å². The van der Waals surface area contributed by atoms with Crippen molar-refractivity contribution in [3.63, 3.8) is 0 Å². The molecule has 2 aromatic heterocycles. The van der Waals surface area contributed by atoms with Crippen molar-refractivity contribution in [1.82, 2.24) is 24.8 Å². The van der Waals surface area contributed by atoms with E-state index in [0.29, 0.717) is 18.4 Å². The topological polar surface area (TPSA) is 63.1 Å². The summed E-state index contributed by atoms with van der Waals surface area (Å²) >= 11 is 0. The van der Waals surface area contributed by atoms with Crippen LogP contribution in [0.15, 0.2) is 48.7 Å². The Morgan fingerprint density at radius 3 is 2.83 bits per heavy atom. The minimum atomic E-state index is 0.0219. The molecule has 6 heteroatoms. The fourth-order valence-corrected chi connectivity index (χ4v) is 4.05. The van der Waals surface area contributed by atoms with Crippen LogP contribution in [0.5, 0.6) is 0 Å². The third-order valence-corrected chi connectivity index (χ3v) is 5.46. The average Bonchev–Trinajstić information content (AvgIpc) is 3.32. The van der Waals surface area contributed by atoms with Gasteiger partial charge in [0.1, 0.15) is 11.3 Å². The van der Waals surface area contributed by atoms with Crippen LogP contribution in [0.25, 0.3) is 11.2 Å². The van der Waals surface area contributed by atoms with Crippen LogP contribution in [-0.2, 0) is 19.5 Å². The number of amides is 2. The van der Waals surface area contributed by atoms with Gasteiger partial charge in [-0.3, -0.25) is 0 Å². The second-order valence-electron chi connectivity index (χ2n) is 8.33. The summed E-state index contributed by atoms with van der Waals surface area (Å²) in [4.78, 5) is 23.9. The lowest BCUT2D eigenvalue weighted by Crippen LogP contribution is -2.38. The van der Waals surface area contributed by atoms with Gasteiger partial charge < -0.3 is 14.8 Å². The highest BCUT2D eigenvalue weighted by Gasteiger charge is 2.28. The van der Waals surface area contributed by atoms with Gasteiger partial charge in [-0.2, -0.15) is 0 Å². The van der Waals surface area contributed by atoms with Crippen LogP contribution in [0.2, 0.25) is 0 Å². The molecule has 29 heavy (non-hydrogen) atoms. The molecule has 3 heterocycles. The molecule has 1 aliphatic heterocycles. The lowest BCUT2D eigenvalue weighted by atomic mass is 10.0. The number of nitrogens with zero attached hydrogens (tertiary/aromatic N) is 4. The first-order valence-corrected chi connectivity index (χ1v) is 10.5. The molecule has 1 saturated heterocycles. The van der Waals surface area contributed by atoms with E-state index in [4.69, 9.17) is 4.98 Å². The van der Waals surface area contributed by atoms with Crippen LogP contribution in [0.4, 0.5) is 4.79 Å². The van der Waals surface area contributed by atoms with Gasteiger partial charge in [0.05, 0.1) is 0 Å². The van der Waals surface area contributed by atoms with Crippen molar-refractivity contribution < 1.29 is 4.79 Å². The summed E-state index contributed by atoms with van der Waals surface area (Å²) in [6.45, 7) is 7.49. The molecule has 152 valence electrons. The van der Waals surface area contributed by atoms with Crippen molar-refractivity contribution in [3.05, 3.63) is 60.0 Å². The zero-order chi connectivity index (χ0) is 20.2. The van der Waals surface area contributed by atoms with Crippen molar-refractivity contribution in [2.24, 2.45) is 11.8 Å². The zero-order valence-corrected chi connectivity index (χ0v) is 17.2. The Balaban J connectivity index is 1.39. The number of pyridine rings is 1. The summed E-state index contributed by atoms with van der Waals surface area (Å²) < 4.78 is 2.26. The van der Waals surface area contributed by atoms with E-state index >= 15 is 0 Å². The van der Waals surface area contributed by atoms with Crippen molar-refractivity contribution >= 4 is 17.2 Å². The van der Waals surface area contributed by atoms with Crippen LogP contribution < -0.4 is 5.32 Å². The number of carbonyl (C=O) groups is 1. The molecule has 1 aliphatic rings. The molecule has 4 rings (SSSR count). The van der Waals surface area contributed by atoms with Gasteiger partial charge in [-0.25, -0.2) is 14.8 Å². The molecule has 1 fully saturated rings. The Hall–Kier alpha value is -2.89.